The second-order valence-corrected chi connectivity index (χ2v) is 7.35. The van der Waals surface area contributed by atoms with Crippen LogP contribution < -0.4 is 11.1 Å². The lowest BCUT2D eigenvalue weighted by Crippen LogP contribution is -2.19. The molecule has 2 rings (SSSR count). The number of hydrogen-bond acceptors (Lipinski definition) is 6. The molecule has 0 aliphatic heterocycles. The van der Waals surface area contributed by atoms with Gasteiger partial charge >= 0.3 is 12.1 Å². The maximum absolute atomic E-state index is 12.8. The van der Waals surface area contributed by atoms with E-state index in [1.54, 1.807) is 13.8 Å². The van der Waals surface area contributed by atoms with Crippen molar-refractivity contribution in [1.29, 1.82) is 0 Å². The SMILES string of the molecule is CC.CC(C)(O)CC/C(N)=C/c1cc(NC(=O)c2cccc(C(F)(F)F)n2)c(C(=O)O)cn1. The van der Waals surface area contributed by atoms with E-state index in [0.29, 0.717) is 24.6 Å². The number of aromatic nitrogens is 2. The summed E-state index contributed by atoms with van der Waals surface area (Å²) < 4.78 is 38.5. The molecule has 0 fully saturated rings. The number of pyridine rings is 2. The predicted octanol–water partition coefficient (Wildman–Crippen LogP) is 4.32. The third-order valence-corrected chi connectivity index (χ3v) is 4.03. The summed E-state index contributed by atoms with van der Waals surface area (Å²) in [6.07, 6.45) is -1.60. The van der Waals surface area contributed by atoms with Crippen LogP contribution in [0, 0.1) is 0 Å². The van der Waals surface area contributed by atoms with Crippen molar-refractivity contribution in [2.75, 3.05) is 5.32 Å². The summed E-state index contributed by atoms with van der Waals surface area (Å²) in [5.41, 5.74) is 3.19. The third kappa shape index (κ3) is 8.89. The van der Waals surface area contributed by atoms with Crippen molar-refractivity contribution in [2.24, 2.45) is 5.73 Å². The van der Waals surface area contributed by atoms with Gasteiger partial charge in [-0.3, -0.25) is 9.78 Å². The van der Waals surface area contributed by atoms with Crippen LogP contribution in [-0.4, -0.2) is 37.7 Å². The Bertz CT molecular complexity index is 1020. The van der Waals surface area contributed by atoms with Crippen LogP contribution >= 0.6 is 0 Å². The number of carbonyl (C=O) groups is 2. The Morgan fingerprint density at radius 3 is 2.39 bits per heavy atom. The summed E-state index contributed by atoms with van der Waals surface area (Å²) in [6.45, 7) is 7.24. The van der Waals surface area contributed by atoms with Crippen LogP contribution in [0.15, 0.2) is 36.2 Å². The molecular weight excluding hydrogens is 441 g/mol. The quantitative estimate of drug-likeness (QED) is 0.475. The lowest BCUT2D eigenvalue weighted by Gasteiger charge is -2.16. The number of nitrogens with zero attached hydrogens (tertiary/aromatic N) is 2. The van der Waals surface area contributed by atoms with Gasteiger partial charge in [-0.25, -0.2) is 9.78 Å². The Balaban J connectivity index is 0.00000265. The molecule has 1 amide bonds. The molecule has 8 nitrogen and oxygen atoms in total. The second kappa shape index (κ2) is 11.4. The van der Waals surface area contributed by atoms with Gasteiger partial charge < -0.3 is 21.3 Å². The highest BCUT2D eigenvalue weighted by Crippen LogP contribution is 2.27. The Labute approximate surface area is 189 Å². The van der Waals surface area contributed by atoms with Gasteiger partial charge in [-0.1, -0.05) is 19.9 Å². The van der Waals surface area contributed by atoms with Gasteiger partial charge in [-0.2, -0.15) is 13.2 Å². The summed E-state index contributed by atoms with van der Waals surface area (Å²) in [5, 5.41) is 21.3. The number of aliphatic hydroxyl groups is 1. The fourth-order valence-corrected chi connectivity index (χ4v) is 2.44. The van der Waals surface area contributed by atoms with Crippen molar-refractivity contribution >= 4 is 23.6 Å². The fraction of sp³-hybridized carbons (Fsp3) is 0.364. The molecule has 2 heterocycles. The number of allylic oxidation sites excluding steroid dienone is 1. The summed E-state index contributed by atoms with van der Waals surface area (Å²) in [5.74, 6) is -2.42. The Morgan fingerprint density at radius 1 is 1.21 bits per heavy atom. The van der Waals surface area contributed by atoms with Crippen LogP contribution in [0.4, 0.5) is 18.9 Å². The number of carboxylic acid groups (broad SMARTS) is 1. The van der Waals surface area contributed by atoms with Crippen molar-refractivity contribution in [1.82, 2.24) is 9.97 Å². The van der Waals surface area contributed by atoms with Gasteiger partial charge in [0.25, 0.3) is 5.91 Å². The van der Waals surface area contributed by atoms with Gasteiger partial charge in [0.1, 0.15) is 17.0 Å². The third-order valence-electron chi connectivity index (χ3n) is 4.03. The number of carboxylic acids is 1. The number of halogens is 3. The maximum atomic E-state index is 12.8. The number of nitrogens with one attached hydrogen (secondary N) is 1. The highest BCUT2D eigenvalue weighted by Gasteiger charge is 2.33. The summed E-state index contributed by atoms with van der Waals surface area (Å²) in [7, 11) is 0. The van der Waals surface area contributed by atoms with Crippen LogP contribution in [0.1, 0.15) is 72.8 Å². The Kier molecular flexibility index (Phi) is 9.53. The standard InChI is InChI=1S/C20H21F3N4O4.C2H6/c1-19(2,31)7-6-11(24)8-12-9-15(13(10-25-12)18(29)30)27-17(28)14-4-3-5-16(26-14)20(21,22)23;1-2/h3-5,8-10,31H,6-7,24H2,1-2H3,(H,29,30)(H,25,27,28);1-2H3/b11-8-;. The van der Waals surface area contributed by atoms with Crippen molar-refractivity contribution in [3.05, 3.63) is 58.8 Å². The molecule has 0 aliphatic rings. The number of carbonyl (C=O) groups excluding carboxylic acids is 1. The molecule has 0 aromatic carbocycles. The van der Waals surface area contributed by atoms with Crippen LogP contribution in [0.25, 0.3) is 6.08 Å². The van der Waals surface area contributed by atoms with Gasteiger partial charge in [0.2, 0.25) is 0 Å². The van der Waals surface area contributed by atoms with Crippen molar-refractivity contribution in [3.8, 4) is 0 Å². The Morgan fingerprint density at radius 2 is 1.85 bits per heavy atom. The van der Waals surface area contributed by atoms with Gasteiger partial charge in [0.05, 0.1) is 17.0 Å². The molecule has 33 heavy (non-hydrogen) atoms. The zero-order valence-corrected chi connectivity index (χ0v) is 18.7. The van der Waals surface area contributed by atoms with E-state index in [-0.39, 0.29) is 16.9 Å². The molecule has 0 unspecified atom stereocenters. The lowest BCUT2D eigenvalue weighted by molar-refractivity contribution is -0.141. The van der Waals surface area contributed by atoms with Crippen LogP contribution in [0.2, 0.25) is 0 Å². The first-order chi connectivity index (χ1) is 15.3. The number of rotatable bonds is 7. The molecule has 0 radical (unpaired) electrons. The van der Waals surface area contributed by atoms with Crippen LogP contribution in [0.3, 0.4) is 0 Å². The Hall–Kier alpha value is -3.47. The fourth-order valence-electron chi connectivity index (χ4n) is 2.44. The first-order valence-electron chi connectivity index (χ1n) is 10.0. The topological polar surface area (TPSA) is 138 Å². The minimum atomic E-state index is -4.74. The monoisotopic (exact) mass is 468 g/mol. The molecular formula is C22H27F3N4O4. The number of anilines is 1. The molecule has 180 valence electrons. The van der Waals surface area contributed by atoms with Gasteiger partial charge in [0.15, 0.2) is 0 Å². The van der Waals surface area contributed by atoms with Gasteiger partial charge in [0, 0.05) is 11.9 Å². The molecule has 0 saturated heterocycles. The van der Waals surface area contributed by atoms with Crippen molar-refractivity contribution < 1.29 is 33.0 Å². The molecule has 0 atom stereocenters. The van der Waals surface area contributed by atoms with E-state index in [2.05, 4.69) is 15.3 Å². The lowest BCUT2D eigenvalue weighted by atomic mass is 10.0. The molecule has 0 spiro atoms. The highest BCUT2D eigenvalue weighted by atomic mass is 19.4. The minimum Gasteiger partial charge on any atom is -0.478 e. The molecule has 5 N–H and O–H groups in total. The van der Waals surface area contributed by atoms with Crippen LogP contribution in [-0.2, 0) is 6.18 Å². The first kappa shape index (κ1) is 27.6. The molecule has 0 aliphatic carbocycles. The van der Waals surface area contributed by atoms with Gasteiger partial charge in [-0.05, 0) is 51.0 Å². The average molecular weight is 468 g/mol. The van der Waals surface area contributed by atoms with Crippen molar-refractivity contribution in [3.63, 3.8) is 0 Å². The minimum absolute atomic E-state index is 0.187. The summed E-state index contributed by atoms with van der Waals surface area (Å²) >= 11 is 0. The molecule has 2 aromatic heterocycles. The summed E-state index contributed by atoms with van der Waals surface area (Å²) in [6, 6.07) is 4.03. The molecule has 0 bridgehead atoms. The zero-order chi connectivity index (χ0) is 25.4. The summed E-state index contributed by atoms with van der Waals surface area (Å²) in [4.78, 5) is 31.1. The van der Waals surface area contributed by atoms with E-state index < -0.39 is 35.0 Å². The van der Waals surface area contributed by atoms with E-state index in [4.69, 9.17) is 5.73 Å². The van der Waals surface area contributed by atoms with Crippen LogP contribution in [0.5, 0.6) is 0 Å². The average Bonchev–Trinajstić information content (AvgIpc) is 2.72. The predicted molar refractivity (Wildman–Crippen MR) is 117 cm³/mol. The highest BCUT2D eigenvalue weighted by molar-refractivity contribution is 6.06. The number of aromatic carboxylic acids is 1. The van der Waals surface area contributed by atoms with E-state index in [0.717, 1.165) is 18.3 Å². The van der Waals surface area contributed by atoms with E-state index in [1.165, 1.54) is 12.1 Å². The van der Waals surface area contributed by atoms with Crippen molar-refractivity contribution in [2.45, 2.75) is 52.3 Å². The smallest absolute Gasteiger partial charge is 0.433 e. The molecule has 0 saturated carbocycles. The number of nitrogens with two attached hydrogens (primary N) is 1. The van der Waals surface area contributed by atoms with Gasteiger partial charge in [-0.15, -0.1) is 0 Å². The molecule has 2 aromatic rings. The zero-order valence-electron chi connectivity index (χ0n) is 18.7. The van der Waals surface area contributed by atoms with E-state index in [9.17, 15) is 33.0 Å². The second-order valence-electron chi connectivity index (χ2n) is 7.35. The first-order valence-corrected chi connectivity index (χ1v) is 10.0. The maximum Gasteiger partial charge on any atom is 0.433 e. The van der Waals surface area contributed by atoms with E-state index in [1.807, 2.05) is 13.8 Å². The van der Waals surface area contributed by atoms with E-state index >= 15 is 0 Å². The number of amides is 1. The normalized spacial score (nSPS) is 11.9. The largest absolute Gasteiger partial charge is 0.478 e. The number of hydrogen-bond donors (Lipinski definition) is 4. The number of alkyl halides is 3. The molecule has 11 heteroatoms.